The molecule has 0 aromatic heterocycles. The van der Waals surface area contributed by atoms with Gasteiger partial charge in [-0.1, -0.05) is 24.3 Å². The molecule has 2 aromatic rings. The highest BCUT2D eigenvalue weighted by Gasteiger charge is 1.98. The molecule has 0 fully saturated rings. The van der Waals surface area contributed by atoms with Gasteiger partial charge >= 0.3 is 0 Å². The molecule has 102 valence electrons. The van der Waals surface area contributed by atoms with E-state index >= 15 is 0 Å². The van der Waals surface area contributed by atoms with E-state index in [2.05, 4.69) is 0 Å². The second-order valence-corrected chi connectivity index (χ2v) is 4.22. The van der Waals surface area contributed by atoms with Crippen LogP contribution in [0.1, 0.15) is 11.1 Å². The van der Waals surface area contributed by atoms with Gasteiger partial charge in [0.1, 0.15) is 18.2 Å². The summed E-state index contributed by atoms with van der Waals surface area (Å²) < 4.78 is 18.4. The summed E-state index contributed by atoms with van der Waals surface area (Å²) in [5, 5.41) is 0. The summed E-state index contributed by atoms with van der Waals surface area (Å²) in [5.74, 6) is -0.101. The van der Waals surface area contributed by atoms with Crippen molar-refractivity contribution in [3.8, 4) is 5.75 Å². The van der Waals surface area contributed by atoms with Crippen LogP contribution in [0.2, 0.25) is 0 Å². The quantitative estimate of drug-likeness (QED) is 0.850. The number of rotatable bonds is 5. The largest absolute Gasteiger partial charge is 0.489 e. The number of ether oxygens (including phenoxy) is 1. The van der Waals surface area contributed by atoms with E-state index < -0.39 is 5.91 Å². The Balaban J connectivity index is 2.01. The van der Waals surface area contributed by atoms with Crippen LogP contribution in [0.5, 0.6) is 5.75 Å². The van der Waals surface area contributed by atoms with Crippen LogP contribution < -0.4 is 10.5 Å². The normalized spacial score (nSPS) is 10.7. The zero-order valence-electron chi connectivity index (χ0n) is 10.8. The molecule has 0 aliphatic carbocycles. The third-order valence-electron chi connectivity index (χ3n) is 2.62. The minimum atomic E-state index is -0.498. The molecule has 0 aliphatic rings. The van der Waals surface area contributed by atoms with Gasteiger partial charge in [0, 0.05) is 6.08 Å². The molecule has 2 aromatic carbocycles. The second kappa shape index (κ2) is 6.52. The van der Waals surface area contributed by atoms with Crippen LogP contribution in [0.4, 0.5) is 4.39 Å². The Kier molecular flexibility index (Phi) is 4.50. The van der Waals surface area contributed by atoms with Gasteiger partial charge in [-0.3, -0.25) is 4.79 Å². The SMILES string of the molecule is NC(=O)/C=C\c1cccc(OCc2ccc(F)cc2)c1. The van der Waals surface area contributed by atoms with Crippen molar-refractivity contribution in [3.63, 3.8) is 0 Å². The highest BCUT2D eigenvalue weighted by Crippen LogP contribution is 2.16. The van der Waals surface area contributed by atoms with E-state index in [0.29, 0.717) is 12.4 Å². The van der Waals surface area contributed by atoms with Crippen LogP contribution in [0.15, 0.2) is 54.6 Å². The molecule has 0 unspecified atom stereocenters. The van der Waals surface area contributed by atoms with Crippen LogP contribution in [0, 0.1) is 5.82 Å². The zero-order valence-corrected chi connectivity index (χ0v) is 10.8. The van der Waals surface area contributed by atoms with Crippen LogP contribution in [0.3, 0.4) is 0 Å². The second-order valence-electron chi connectivity index (χ2n) is 4.22. The first-order valence-corrected chi connectivity index (χ1v) is 6.08. The lowest BCUT2D eigenvalue weighted by molar-refractivity contribution is -0.113. The molecule has 1 amide bonds. The number of primary amides is 1. The van der Waals surface area contributed by atoms with Crippen LogP contribution >= 0.6 is 0 Å². The molecule has 0 saturated heterocycles. The Morgan fingerprint density at radius 3 is 2.65 bits per heavy atom. The molecule has 0 aliphatic heterocycles. The lowest BCUT2D eigenvalue weighted by Crippen LogP contribution is -2.05. The molecule has 2 rings (SSSR count). The Bertz CT molecular complexity index is 621. The molecule has 20 heavy (non-hydrogen) atoms. The van der Waals surface area contributed by atoms with Crippen LogP contribution in [0.25, 0.3) is 6.08 Å². The van der Waals surface area contributed by atoms with Crippen molar-refractivity contribution in [2.24, 2.45) is 5.73 Å². The van der Waals surface area contributed by atoms with E-state index in [0.717, 1.165) is 11.1 Å². The molecular weight excluding hydrogens is 257 g/mol. The molecule has 0 heterocycles. The molecule has 0 atom stereocenters. The maximum atomic E-state index is 12.8. The molecular formula is C16H14FNO2. The Morgan fingerprint density at radius 1 is 1.20 bits per heavy atom. The average Bonchev–Trinajstić information content (AvgIpc) is 2.45. The van der Waals surface area contributed by atoms with Gasteiger partial charge in [-0.25, -0.2) is 4.39 Å². The Labute approximate surface area is 116 Å². The van der Waals surface area contributed by atoms with Gasteiger partial charge in [-0.05, 0) is 41.5 Å². The maximum absolute atomic E-state index is 12.8. The standard InChI is InChI=1S/C16H14FNO2/c17-14-7-4-13(5-8-14)11-20-15-3-1-2-12(10-15)6-9-16(18)19/h1-10H,11H2,(H2,18,19)/b9-6-. The van der Waals surface area contributed by atoms with E-state index in [9.17, 15) is 9.18 Å². The summed E-state index contributed by atoms with van der Waals surface area (Å²) in [4.78, 5) is 10.7. The Hall–Kier alpha value is -2.62. The minimum Gasteiger partial charge on any atom is -0.489 e. The van der Waals surface area contributed by atoms with Gasteiger partial charge in [0.25, 0.3) is 0 Å². The van der Waals surface area contributed by atoms with E-state index in [1.54, 1.807) is 24.3 Å². The first kappa shape index (κ1) is 13.8. The zero-order chi connectivity index (χ0) is 14.4. The van der Waals surface area contributed by atoms with Gasteiger partial charge < -0.3 is 10.5 Å². The molecule has 4 heteroatoms. The number of hydrogen-bond donors (Lipinski definition) is 1. The van der Waals surface area contributed by atoms with Crippen molar-refractivity contribution in [1.82, 2.24) is 0 Å². The lowest BCUT2D eigenvalue weighted by atomic mass is 10.2. The van der Waals surface area contributed by atoms with Gasteiger partial charge in [0.05, 0.1) is 0 Å². The number of carbonyl (C=O) groups excluding carboxylic acids is 1. The monoisotopic (exact) mass is 271 g/mol. The van der Waals surface area contributed by atoms with Gasteiger partial charge in [0.2, 0.25) is 5.91 Å². The molecule has 2 N–H and O–H groups in total. The van der Waals surface area contributed by atoms with Crippen molar-refractivity contribution in [2.75, 3.05) is 0 Å². The smallest absolute Gasteiger partial charge is 0.241 e. The third-order valence-corrected chi connectivity index (χ3v) is 2.62. The molecule has 3 nitrogen and oxygen atoms in total. The third kappa shape index (κ3) is 4.24. The fraction of sp³-hybridized carbons (Fsp3) is 0.0625. The minimum absolute atomic E-state index is 0.271. The summed E-state index contributed by atoms with van der Waals surface area (Å²) in [6.07, 6.45) is 2.91. The summed E-state index contributed by atoms with van der Waals surface area (Å²) in [6.45, 7) is 0.350. The van der Waals surface area contributed by atoms with Gasteiger partial charge in [0.15, 0.2) is 0 Å². The Morgan fingerprint density at radius 2 is 1.95 bits per heavy atom. The number of benzene rings is 2. The number of nitrogens with two attached hydrogens (primary N) is 1. The van der Waals surface area contributed by atoms with E-state index in [1.165, 1.54) is 18.2 Å². The first-order chi connectivity index (χ1) is 9.63. The molecule has 0 spiro atoms. The first-order valence-electron chi connectivity index (χ1n) is 6.08. The summed E-state index contributed by atoms with van der Waals surface area (Å²) >= 11 is 0. The predicted molar refractivity (Wildman–Crippen MR) is 75.4 cm³/mol. The van der Waals surface area contributed by atoms with Crippen molar-refractivity contribution >= 4 is 12.0 Å². The van der Waals surface area contributed by atoms with Crippen molar-refractivity contribution in [1.29, 1.82) is 0 Å². The number of halogens is 1. The maximum Gasteiger partial charge on any atom is 0.241 e. The highest BCUT2D eigenvalue weighted by atomic mass is 19.1. The topological polar surface area (TPSA) is 52.3 Å². The van der Waals surface area contributed by atoms with Gasteiger partial charge in [-0.15, -0.1) is 0 Å². The lowest BCUT2D eigenvalue weighted by Gasteiger charge is -2.07. The predicted octanol–water partition coefficient (Wildman–Crippen LogP) is 2.90. The van der Waals surface area contributed by atoms with E-state index in [1.807, 2.05) is 18.2 Å². The van der Waals surface area contributed by atoms with Gasteiger partial charge in [-0.2, -0.15) is 0 Å². The fourth-order valence-electron chi connectivity index (χ4n) is 1.63. The van der Waals surface area contributed by atoms with Crippen LogP contribution in [-0.2, 0) is 11.4 Å². The van der Waals surface area contributed by atoms with E-state index in [-0.39, 0.29) is 5.82 Å². The molecule has 0 radical (unpaired) electrons. The van der Waals surface area contributed by atoms with Crippen molar-refractivity contribution < 1.29 is 13.9 Å². The number of amides is 1. The fourth-order valence-corrected chi connectivity index (χ4v) is 1.63. The summed E-state index contributed by atoms with van der Waals surface area (Å²) in [7, 11) is 0. The summed E-state index contributed by atoms with van der Waals surface area (Å²) in [6, 6.07) is 13.4. The average molecular weight is 271 g/mol. The van der Waals surface area contributed by atoms with E-state index in [4.69, 9.17) is 10.5 Å². The molecule has 0 bridgehead atoms. The molecule has 0 saturated carbocycles. The summed E-state index contributed by atoms with van der Waals surface area (Å²) in [5.41, 5.74) is 6.74. The highest BCUT2D eigenvalue weighted by molar-refractivity contribution is 5.90. The van der Waals surface area contributed by atoms with Crippen LogP contribution in [-0.4, -0.2) is 5.91 Å². The van der Waals surface area contributed by atoms with Crippen molar-refractivity contribution in [2.45, 2.75) is 6.61 Å². The van der Waals surface area contributed by atoms with Crippen molar-refractivity contribution in [3.05, 3.63) is 71.6 Å². The number of hydrogen-bond acceptors (Lipinski definition) is 2. The number of carbonyl (C=O) groups is 1.